The van der Waals surface area contributed by atoms with Gasteiger partial charge in [0.1, 0.15) is 6.04 Å². The van der Waals surface area contributed by atoms with Gasteiger partial charge in [0.2, 0.25) is 0 Å². The van der Waals surface area contributed by atoms with Gasteiger partial charge in [0.25, 0.3) is 0 Å². The zero-order valence-corrected chi connectivity index (χ0v) is 10.6. The van der Waals surface area contributed by atoms with Crippen LogP contribution in [0, 0.1) is 0 Å². The van der Waals surface area contributed by atoms with E-state index in [1.54, 1.807) is 0 Å². The number of rotatable bonds is 7. The van der Waals surface area contributed by atoms with Crippen LogP contribution < -0.4 is 5.32 Å². The van der Waals surface area contributed by atoms with E-state index in [4.69, 9.17) is 14.9 Å². The highest BCUT2D eigenvalue weighted by Gasteiger charge is 2.21. The highest BCUT2D eigenvalue weighted by atomic mass is 31.2. The van der Waals surface area contributed by atoms with Crippen molar-refractivity contribution in [1.29, 1.82) is 0 Å². The van der Waals surface area contributed by atoms with E-state index in [0.717, 1.165) is 5.56 Å². The van der Waals surface area contributed by atoms with Crippen molar-refractivity contribution in [2.75, 3.05) is 6.29 Å². The Kier molecular flexibility index (Phi) is 5.50. The average molecular weight is 273 g/mol. The molecule has 1 atom stereocenters. The Balaban J connectivity index is 2.49. The van der Waals surface area contributed by atoms with Gasteiger partial charge in [-0.05, 0) is 18.4 Å². The minimum atomic E-state index is -4.23. The molecule has 0 saturated heterocycles. The average Bonchev–Trinajstić information content (AvgIpc) is 2.28. The summed E-state index contributed by atoms with van der Waals surface area (Å²) in [7, 11) is -4.23. The summed E-state index contributed by atoms with van der Waals surface area (Å²) in [6.45, 7) is 0. The molecule has 0 aliphatic rings. The van der Waals surface area contributed by atoms with E-state index in [-0.39, 0.29) is 6.42 Å². The van der Waals surface area contributed by atoms with E-state index >= 15 is 0 Å². The van der Waals surface area contributed by atoms with Gasteiger partial charge in [0.05, 0.1) is 6.29 Å². The van der Waals surface area contributed by atoms with E-state index in [1.807, 2.05) is 30.3 Å². The molecule has 100 valence electrons. The van der Waals surface area contributed by atoms with Crippen LogP contribution in [0.25, 0.3) is 0 Å². The maximum atomic E-state index is 10.9. The van der Waals surface area contributed by atoms with Crippen LogP contribution in [0.1, 0.15) is 12.0 Å². The van der Waals surface area contributed by atoms with Crippen LogP contribution in [-0.2, 0) is 15.8 Å². The Morgan fingerprint density at radius 2 is 1.89 bits per heavy atom. The third kappa shape index (κ3) is 5.93. The molecule has 0 spiro atoms. The molecule has 0 aliphatic heterocycles. The quantitative estimate of drug-likeness (QED) is 0.547. The Morgan fingerprint density at radius 1 is 1.28 bits per heavy atom. The Morgan fingerprint density at radius 3 is 2.39 bits per heavy atom. The second-order valence-corrected chi connectivity index (χ2v) is 5.59. The molecule has 0 heterocycles. The molecule has 0 bridgehead atoms. The molecule has 0 amide bonds. The maximum Gasteiger partial charge on any atom is 0.339 e. The standard InChI is InChI=1S/C11H16NO5P/c13-11(14)10(12-8-18(15,16)17)7-6-9-4-2-1-3-5-9/h1-5,10,12H,6-8H2,(H,13,14)(H2,15,16,17)/t10-/m1/s1. The summed E-state index contributed by atoms with van der Waals surface area (Å²) in [4.78, 5) is 28.3. The first-order valence-electron chi connectivity index (χ1n) is 5.43. The van der Waals surface area contributed by atoms with Crippen LogP contribution in [0.4, 0.5) is 0 Å². The number of carboxylic acids is 1. The summed E-state index contributed by atoms with van der Waals surface area (Å²) < 4.78 is 10.7. The lowest BCUT2D eigenvalue weighted by Gasteiger charge is -2.14. The number of benzene rings is 1. The Labute approximate surface area is 105 Å². The zero-order chi connectivity index (χ0) is 13.6. The molecular weight excluding hydrogens is 257 g/mol. The van der Waals surface area contributed by atoms with Crippen LogP contribution in [0.3, 0.4) is 0 Å². The van der Waals surface area contributed by atoms with Crippen molar-refractivity contribution < 1.29 is 24.3 Å². The molecule has 7 heteroatoms. The number of carbonyl (C=O) groups is 1. The normalized spacial score (nSPS) is 13.2. The first-order chi connectivity index (χ1) is 8.38. The first kappa shape index (κ1) is 14.9. The molecule has 18 heavy (non-hydrogen) atoms. The van der Waals surface area contributed by atoms with Gasteiger partial charge in [-0.1, -0.05) is 30.3 Å². The van der Waals surface area contributed by atoms with E-state index < -0.39 is 25.9 Å². The van der Waals surface area contributed by atoms with Crippen LogP contribution in [0.15, 0.2) is 30.3 Å². The minimum absolute atomic E-state index is 0.277. The summed E-state index contributed by atoms with van der Waals surface area (Å²) in [5.41, 5.74) is 0.988. The Hall–Kier alpha value is -1.20. The first-order valence-corrected chi connectivity index (χ1v) is 7.23. The molecule has 0 saturated carbocycles. The van der Waals surface area contributed by atoms with Crippen molar-refractivity contribution >= 4 is 13.6 Å². The van der Waals surface area contributed by atoms with Crippen molar-refractivity contribution in [3.05, 3.63) is 35.9 Å². The molecule has 1 aromatic carbocycles. The molecule has 1 rings (SSSR count). The fourth-order valence-corrected chi connectivity index (χ4v) is 1.96. The largest absolute Gasteiger partial charge is 0.480 e. The van der Waals surface area contributed by atoms with E-state index in [0.29, 0.717) is 6.42 Å². The van der Waals surface area contributed by atoms with Gasteiger partial charge >= 0.3 is 13.6 Å². The lowest BCUT2D eigenvalue weighted by atomic mass is 10.1. The second-order valence-electron chi connectivity index (χ2n) is 3.94. The van der Waals surface area contributed by atoms with Crippen molar-refractivity contribution in [1.82, 2.24) is 5.32 Å². The number of aliphatic carboxylic acids is 1. The highest BCUT2D eigenvalue weighted by molar-refractivity contribution is 7.51. The maximum absolute atomic E-state index is 10.9. The predicted molar refractivity (Wildman–Crippen MR) is 66.2 cm³/mol. The van der Waals surface area contributed by atoms with Crippen LogP contribution >= 0.6 is 7.60 Å². The smallest absolute Gasteiger partial charge is 0.339 e. The molecule has 6 nitrogen and oxygen atoms in total. The lowest BCUT2D eigenvalue weighted by Crippen LogP contribution is -2.37. The third-order valence-electron chi connectivity index (χ3n) is 2.41. The number of carboxylic acid groups (broad SMARTS) is 1. The van der Waals surface area contributed by atoms with Gasteiger partial charge in [-0.2, -0.15) is 0 Å². The van der Waals surface area contributed by atoms with Gasteiger partial charge < -0.3 is 14.9 Å². The van der Waals surface area contributed by atoms with Crippen LogP contribution in [0.2, 0.25) is 0 Å². The molecule has 0 aromatic heterocycles. The van der Waals surface area contributed by atoms with Crippen LogP contribution in [0.5, 0.6) is 0 Å². The van der Waals surface area contributed by atoms with Gasteiger partial charge in [-0.15, -0.1) is 0 Å². The SMILES string of the molecule is O=C(O)[C@@H](CCc1ccccc1)NCP(=O)(O)O. The molecule has 0 aliphatic carbocycles. The second kappa shape index (κ2) is 6.66. The van der Waals surface area contributed by atoms with Gasteiger partial charge in [-0.25, -0.2) is 0 Å². The third-order valence-corrected chi connectivity index (χ3v) is 3.00. The summed E-state index contributed by atoms with van der Waals surface area (Å²) >= 11 is 0. The predicted octanol–water partition coefficient (Wildman–Crippen LogP) is 0.797. The fourth-order valence-electron chi connectivity index (χ4n) is 1.50. The van der Waals surface area contributed by atoms with Gasteiger partial charge in [0, 0.05) is 0 Å². The summed E-state index contributed by atoms with van der Waals surface area (Å²) in [5, 5.41) is 11.3. The number of aryl methyl sites for hydroxylation is 1. The topological polar surface area (TPSA) is 107 Å². The van der Waals surface area contributed by atoms with Gasteiger partial charge in [-0.3, -0.25) is 14.7 Å². The zero-order valence-electron chi connectivity index (χ0n) is 9.69. The summed E-state index contributed by atoms with van der Waals surface area (Å²) in [5.74, 6) is -1.11. The van der Waals surface area contributed by atoms with E-state index in [2.05, 4.69) is 5.32 Å². The summed E-state index contributed by atoms with van der Waals surface area (Å²) in [6, 6.07) is 8.37. The number of nitrogens with one attached hydrogen (secondary N) is 1. The molecule has 0 radical (unpaired) electrons. The lowest BCUT2D eigenvalue weighted by molar-refractivity contribution is -0.139. The molecule has 0 fully saturated rings. The molecule has 0 unspecified atom stereocenters. The number of hydrogen-bond acceptors (Lipinski definition) is 3. The molecular formula is C11H16NO5P. The van der Waals surface area contributed by atoms with Crippen molar-refractivity contribution in [3.63, 3.8) is 0 Å². The Bertz CT molecular complexity index is 430. The van der Waals surface area contributed by atoms with E-state index in [1.165, 1.54) is 0 Å². The van der Waals surface area contributed by atoms with Crippen molar-refractivity contribution in [3.8, 4) is 0 Å². The van der Waals surface area contributed by atoms with Crippen LogP contribution in [-0.4, -0.2) is 33.2 Å². The monoisotopic (exact) mass is 273 g/mol. The highest BCUT2D eigenvalue weighted by Crippen LogP contribution is 2.32. The molecule has 1 aromatic rings. The van der Waals surface area contributed by atoms with Gasteiger partial charge in [0.15, 0.2) is 0 Å². The van der Waals surface area contributed by atoms with Crippen molar-refractivity contribution in [2.24, 2.45) is 0 Å². The molecule has 4 N–H and O–H groups in total. The summed E-state index contributed by atoms with van der Waals surface area (Å²) in [6.07, 6.45) is 0.185. The fraction of sp³-hybridized carbons (Fsp3) is 0.364. The van der Waals surface area contributed by atoms with Crippen molar-refractivity contribution in [2.45, 2.75) is 18.9 Å². The minimum Gasteiger partial charge on any atom is -0.480 e. The number of hydrogen-bond donors (Lipinski definition) is 4. The van der Waals surface area contributed by atoms with E-state index in [9.17, 15) is 9.36 Å².